The number of carbonyl (C=O) groups excluding carboxylic acids is 2. The van der Waals surface area contributed by atoms with Crippen LogP contribution in [-0.4, -0.2) is 91.0 Å². The molecule has 4 heterocycles. The normalized spacial score (nSPS) is 21.0. The second kappa shape index (κ2) is 15.4. The van der Waals surface area contributed by atoms with Gasteiger partial charge in [-0.2, -0.15) is 0 Å². The van der Waals surface area contributed by atoms with E-state index in [4.69, 9.17) is 4.74 Å². The van der Waals surface area contributed by atoms with Gasteiger partial charge < -0.3 is 24.3 Å². The number of hydrogen-bond donors (Lipinski definition) is 0. The molecule has 3 fully saturated rings. The van der Waals surface area contributed by atoms with Crippen LogP contribution in [0.1, 0.15) is 93.0 Å². The Morgan fingerprint density at radius 1 is 0.727 bits per heavy atom. The van der Waals surface area contributed by atoms with Gasteiger partial charge in [-0.05, 0) is 126 Å². The number of carbonyl (C=O) groups is 2. The zero-order valence-corrected chi connectivity index (χ0v) is 26.6. The van der Waals surface area contributed by atoms with Gasteiger partial charge in [0, 0.05) is 42.8 Å². The summed E-state index contributed by atoms with van der Waals surface area (Å²) in [6.45, 7) is 8.51. The summed E-state index contributed by atoms with van der Waals surface area (Å²) < 4.78 is 5.99. The first-order valence-corrected chi connectivity index (χ1v) is 17.5. The Kier molecular flexibility index (Phi) is 10.9. The van der Waals surface area contributed by atoms with Gasteiger partial charge in [0.2, 0.25) is 5.91 Å². The van der Waals surface area contributed by atoms with E-state index in [-0.39, 0.29) is 17.9 Å². The van der Waals surface area contributed by atoms with Crippen molar-refractivity contribution in [1.29, 1.82) is 0 Å². The molecule has 7 heteroatoms. The lowest BCUT2D eigenvalue weighted by molar-refractivity contribution is -0.119. The van der Waals surface area contributed by atoms with Crippen LogP contribution in [0.5, 0.6) is 5.75 Å². The maximum absolute atomic E-state index is 13.2. The Balaban J connectivity index is 0.846. The Bertz CT molecular complexity index is 1210. The van der Waals surface area contributed by atoms with Gasteiger partial charge in [-0.3, -0.25) is 9.59 Å². The highest BCUT2D eigenvalue weighted by Gasteiger charge is 2.34. The molecule has 2 aromatic carbocycles. The van der Waals surface area contributed by atoms with Gasteiger partial charge in [-0.25, -0.2) is 0 Å². The van der Waals surface area contributed by atoms with Crippen molar-refractivity contribution in [2.75, 3.05) is 57.3 Å². The predicted octanol–water partition coefficient (Wildman–Crippen LogP) is 6.16. The van der Waals surface area contributed by atoms with Crippen molar-refractivity contribution in [1.82, 2.24) is 14.7 Å². The molecule has 0 aromatic heterocycles. The second-order valence-electron chi connectivity index (χ2n) is 13.4. The summed E-state index contributed by atoms with van der Waals surface area (Å²) >= 11 is 0. The van der Waals surface area contributed by atoms with Crippen LogP contribution in [0.15, 0.2) is 48.5 Å². The van der Waals surface area contributed by atoms with Gasteiger partial charge >= 0.3 is 0 Å². The number of para-hydroxylation sites is 1. The molecule has 0 radical (unpaired) electrons. The number of anilines is 1. The third-order valence-electron chi connectivity index (χ3n) is 10.4. The van der Waals surface area contributed by atoms with Gasteiger partial charge in [0.1, 0.15) is 5.75 Å². The van der Waals surface area contributed by atoms with Crippen molar-refractivity contribution in [3.8, 4) is 5.75 Å². The minimum Gasteiger partial charge on any atom is -0.494 e. The first-order valence-electron chi connectivity index (χ1n) is 17.5. The number of ether oxygens (including phenoxy) is 1. The fourth-order valence-electron chi connectivity index (χ4n) is 7.83. The highest BCUT2D eigenvalue weighted by atomic mass is 16.5. The van der Waals surface area contributed by atoms with Crippen molar-refractivity contribution in [2.24, 2.45) is 0 Å². The number of hydrogen-bond acceptors (Lipinski definition) is 5. The summed E-state index contributed by atoms with van der Waals surface area (Å²) in [6, 6.07) is 16.9. The lowest BCUT2D eigenvalue weighted by Gasteiger charge is -2.41. The van der Waals surface area contributed by atoms with Crippen molar-refractivity contribution in [3.05, 3.63) is 59.7 Å². The largest absolute Gasteiger partial charge is 0.494 e. The van der Waals surface area contributed by atoms with E-state index in [9.17, 15) is 9.59 Å². The molecule has 0 atom stereocenters. The summed E-state index contributed by atoms with van der Waals surface area (Å²) in [5.41, 5.74) is 3.01. The zero-order valence-electron chi connectivity index (χ0n) is 26.6. The Labute approximate surface area is 264 Å². The summed E-state index contributed by atoms with van der Waals surface area (Å²) in [4.78, 5) is 35.4. The SMILES string of the molecule is O=C(c1ccc(OCCCCCCN2CCC(N3CCCCC3)CC2)cc1)N1CCC(N2C(=O)CCc3ccccc32)CC1. The number of unbranched alkanes of at least 4 members (excludes halogenated alkanes) is 3. The molecule has 4 aliphatic heterocycles. The van der Waals surface area contributed by atoms with Crippen LogP contribution in [0.4, 0.5) is 5.69 Å². The lowest BCUT2D eigenvalue weighted by Crippen LogP contribution is -2.50. The highest BCUT2D eigenvalue weighted by Crippen LogP contribution is 2.32. The zero-order chi connectivity index (χ0) is 30.1. The van der Waals surface area contributed by atoms with Gasteiger partial charge in [0.25, 0.3) is 5.91 Å². The maximum atomic E-state index is 13.2. The molecule has 3 saturated heterocycles. The van der Waals surface area contributed by atoms with Crippen molar-refractivity contribution in [2.45, 2.75) is 95.6 Å². The predicted molar refractivity (Wildman–Crippen MR) is 176 cm³/mol. The summed E-state index contributed by atoms with van der Waals surface area (Å²) in [5.74, 6) is 1.11. The molecule has 0 saturated carbocycles. The first-order chi connectivity index (χ1) is 21.7. The summed E-state index contributed by atoms with van der Waals surface area (Å²) in [7, 11) is 0. The van der Waals surface area contributed by atoms with Crippen LogP contribution in [0.2, 0.25) is 0 Å². The van der Waals surface area contributed by atoms with E-state index in [0.717, 1.165) is 49.8 Å². The fourth-order valence-corrected chi connectivity index (χ4v) is 7.83. The minimum atomic E-state index is 0.0658. The van der Waals surface area contributed by atoms with E-state index in [2.05, 4.69) is 21.9 Å². The number of amides is 2. The molecular weight excluding hydrogens is 548 g/mol. The van der Waals surface area contributed by atoms with Crippen LogP contribution in [0.3, 0.4) is 0 Å². The first kappa shape index (κ1) is 31.1. The molecule has 0 bridgehead atoms. The van der Waals surface area contributed by atoms with E-state index < -0.39 is 0 Å². The van der Waals surface area contributed by atoms with Crippen LogP contribution < -0.4 is 9.64 Å². The molecule has 238 valence electrons. The average Bonchev–Trinajstić information content (AvgIpc) is 3.08. The van der Waals surface area contributed by atoms with Gasteiger partial charge in [-0.15, -0.1) is 0 Å². The smallest absolute Gasteiger partial charge is 0.253 e. The highest BCUT2D eigenvalue weighted by molar-refractivity contribution is 5.97. The van der Waals surface area contributed by atoms with Crippen molar-refractivity contribution >= 4 is 17.5 Å². The number of piperidine rings is 3. The third-order valence-corrected chi connectivity index (χ3v) is 10.4. The summed E-state index contributed by atoms with van der Waals surface area (Å²) in [5, 5.41) is 0. The van der Waals surface area contributed by atoms with E-state index in [1.54, 1.807) is 0 Å². The van der Waals surface area contributed by atoms with E-state index >= 15 is 0 Å². The molecule has 2 aromatic rings. The van der Waals surface area contributed by atoms with Crippen LogP contribution in [0, 0.1) is 0 Å². The van der Waals surface area contributed by atoms with E-state index in [1.807, 2.05) is 46.2 Å². The number of fused-ring (bicyclic) bond motifs is 1. The van der Waals surface area contributed by atoms with Crippen LogP contribution in [0.25, 0.3) is 0 Å². The Hall–Kier alpha value is -2.90. The molecule has 4 aliphatic rings. The third kappa shape index (κ3) is 7.84. The standard InChI is InChI=1S/C37H52N4O3/c42-36-17-14-30-10-4-5-11-35(30)41(36)33-20-27-40(28-21-33)37(43)31-12-15-34(16-13-31)44-29-9-2-1-6-22-38-25-18-32(19-26-38)39-23-7-3-8-24-39/h4-5,10-13,15-16,32-33H,1-3,6-9,14,17-29H2. The molecule has 6 rings (SSSR count). The van der Waals surface area contributed by atoms with Gasteiger partial charge in [0.15, 0.2) is 0 Å². The molecule has 0 N–H and O–H groups in total. The number of likely N-dealkylation sites (tertiary alicyclic amines) is 3. The molecule has 0 unspecified atom stereocenters. The Morgan fingerprint density at radius 2 is 1.43 bits per heavy atom. The monoisotopic (exact) mass is 600 g/mol. The fraction of sp³-hybridized carbons (Fsp3) is 0.622. The lowest BCUT2D eigenvalue weighted by atomic mass is 9.95. The topological polar surface area (TPSA) is 56.3 Å². The average molecular weight is 601 g/mol. The van der Waals surface area contributed by atoms with E-state index in [0.29, 0.717) is 25.1 Å². The molecule has 44 heavy (non-hydrogen) atoms. The van der Waals surface area contributed by atoms with E-state index in [1.165, 1.54) is 89.7 Å². The van der Waals surface area contributed by atoms with Gasteiger partial charge in [0.05, 0.1) is 6.61 Å². The summed E-state index contributed by atoms with van der Waals surface area (Å²) in [6.07, 6.45) is 14.8. The molecule has 7 nitrogen and oxygen atoms in total. The molecule has 0 spiro atoms. The van der Waals surface area contributed by atoms with Crippen LogP contribution in [-0.2, 0) is 11.2 Å². The second-order valence-corrected chi connectivity index (χ2v) is 13.4. The van der Waals surface area contributed by atoms with Crippen molar-refractivity contribution in [3.63, 3.8) is 0 Å². The van der Waals surface area contributed by atoms with Crippen molar-refractivity contribution < 1.29 is 14.3 Å². The maximum Gasteiger partial charge on any atom is 0.253 e. The number of aryl methyl sites for hydroxylation is 1. The molecular formula is C37H52N4O3. The number of rotatable bonds is 11. The Morgan fingerprint density at radius 3 is 2.20 bits per heavy atom. The number of benzene rings is 2. The van der Waals surface area contributed by atoms with Crippen LogP contribution >= 0.6 is 0 Å². The molecule has 2 amide bonds. The quantitative estimate of drug-likeness (QED) is 0.289. The van der Waals surface area contributed by atoms with Gasteiger partial charge in [-0.1, -0.05) is 37.5 Å². The number of nitrogens with zero attached hydrogens (tertiary/aromatic N) is 4. The minimum absolute atomic E-state index is 0.0658. The molecule has 0 aliphatic carbocycles.